The molecule has 1 heterocycles. The van der Waals surface area contributed by atoms with Gasteiger partial charge in [0.2, 0.25) is 5.91 Å². The molecule has 0 radical (unpaired) electrons. The molecule has 1 aromatic carbocycles. The molecule has 0 fully saturated rings. The van der Waals surface area contributed by atoms with Crippen molar-refractivity contribution >= 4 is 28.1 Å². The zero-order valence-electron chi connectivity index (χ0n) is 11.1. The second-order valence-corrected chi connectivity index (χ2v) is 5.13. The van der Waals surface area contributed by atoms with Crippen LogP contribution in [0.3, 0.4) is 0 Å². The van der Waals surface area contributed by atoms with Crippen molar-refractivity contribution in [2.24, 2.45) is 0 Å². The Morgan fingerprint density at radius 2 is 2.00 bits per heavy atom. The molecule has 0 aliphatic heterocycles. The molecule has 0 unspecified atom stereocenters. The average molecular weight is 275 g/mol. The van der Waals surface area contributed by atoms with Crippen molar-refractivity contribution in [2.75, 3.05) is 17.7 Å². The number of anilines is 2. The number of carbonyl (C=O) groups excluding carboxylic acids is 1. The molecule has 2 N–H and O–H groups in total. The van der Waals surface area contributed by atoms with Crippen LogP contribution in [0, 0.1) is 0 Å². The normalized spacial score (nSPS) is 10.2. The highest BCUT2D eigenvalue weighted by Gasteiger charge is 2.03. The molecule has 0 atom stereocenters. The van der Waals surface area contributed by atoms with Gasteiger partial charge < -0.3 is 10.6 Å². The molecule has 0 saturated carbocycles. The fraction of sp³-hybridized carbons (Fsp3) is 0.286. The molecular formula is C14H17N3OS. The Hall–Kier alpha value is -1.88. The largest absolute Gasteiger partial charge is 0.388 e. The van der Waals surface area contributed by atoms with E-state index < -0.39 is 0 Å². The molecule has 0 saturated heterocycles. The minimum Gasteiger partial charge on any atom is -0.388 e. The molecule has 0 bridgehead atoms. The summed E-state index contributed by atoms with van der Waals surface area (Å²) in [6, 6.07) is 8.37. The Morgan fingerprint density at radius 3 is 2.63 bits per heavy atom. The average Bonchev–Trinajstić information content (AvgIpc) is 2.84. The van der Waals surface area contributed by atoms with Gasteiger partial charge in [0.15, 0.2) is 5.13 Å². The Bertz CT molecular complexity index is 548. The molecule has 4 nitrogen and oxygen atoms in total. The quantitative estimate of drug-likeness (QED) is 0.882. The fourth-order valence-corrected chi connectivity index (χ4v) is 2.53. The minimum absolute atomic E-state index is 0.0800. The van der Waals surface area contributed by atoms with Crippen molar-refractivity contribution in [1.82, 2.24) is 4.98 Å². The molecule has 1 aromatic heterocycles. The summed E-state index contributed by atoms with van der Waals surface area (Å²) in [5, 5.41) is 8.46. The van der Waals surface area contributed by atoms with Crippen LogP contribution in [-0.2, 0) is 17.6 Å². The Kier molecular flexibility index (Phi) is 4.52. The number of hydrogen-bond donors (Lipinski definition) is 2. The van der Waals surface area contributed by atoms with Gasteiger partial charge in [-0.25, -0.2) is 4.98 Å². The number of amides is 1. The van der Waals surface area contributed by atoms with E-state index in [2.05, 4.69) is 39.9 Å². The van der Waals surface area contributed by atoms with Gasteiger partial charge in [0.05, 0.1) is 5.69 Å². The van der Waals surface area contributed by atoms with E-state index in [9.17, 15) is 4.79 Å². The first-order valence-electron chi connectivity index (χ1n) is 6.16. The van der Waals surface area contributed by atoms with Gasteiger partial charge in [-0.1, -0.05) is 12.1 Å². The van der Waals surface area contributed by atoms with Crippen molar-refractivity contribution in [3.05, 3.63) is 40.9 Å². The lowest BCUT2D eigenvalue weighted by atomic mass is 10.1. The first kappa shape index (κ1) is 13.5. The summed E-state index contributed by atoms with van der Waals surface area (Å²) in [4.78, 5) is 15.3. The van der Waals surface area contributed by atoms with Crippen LogP contribution in [0.2, 0.25) is 0 Å². The molecule has 2 aromatic rings. The van der Waals surface area contributed by atoms with Crippen molar-refractivity contribution < 1.29 is 4.79 Å². The highest BCUT2D eigenvalue weighted by atomic mass is 32.1. The summed E-state index contributed by atoms with van der Waals surface area (Å²) in [5.74, 6) is -0.0800. The third-order valence-electron chi connectivity index (χ3n) is 2.75. The van der Waals surface area contributed by atoms with Crippen LogP contribution in [0.25, 0.3) is 0 Å². The van der Waals surface area contributed by atoms with Crippen molar-refractivity contribution in [3.8, 4) is 0 Å². The maximum Gasteiger partial charge on any atom is 0.223 e. The van der Waals surface area contributed by atoms with E-state index in [1.807, 2.05) is 12.4 Å². The number of rotatable bonds is 5. The molecule has 19 heavy (non-hydrogen) atoms. The summed E-state index contributed by atoms with van der Waals surface area (Å²) < 4.78 is 0. The standard InChI is InChI=1S/C14H17N3OS/c1-10(18)16-14-17-13(9-19-14)8-5-11-3-6-12(15-2)7-4-11/h3-4,6-7,9,15H,5,8H2,1-2H3,(H,16,17,18). The third kappa shape index (κ3) is 4.06. The molecular weight excluding hydrogens is 258 g/mol. The van der Waals surface area contributed by atoms with Crippen LogP contribution in [0.5, 0.6) is 0 Å². The highest BCUT2D eigenvalue weighted by Crippen LogP contribution is 2.17. The fourth-order valence-electron chi connectivity index (χ4n) is 1.74. The van der Waals surface area contributed by atoms with Crippen molar-refractivity contribution in [3.63, 3.8) is 0 Å². The van der Waals surface area contributed by atoms with Crippen LogP contribution in [-0.4, -0.2) is 17.9 Å². The van der Waals surface area contributed by atoms with Gasteiger partial charge in [-0.15, -0.1) is 11.3 Å². The number of aryl methyl sites for hydroxylation is 2. The Balaban J connectivity index is 1.90. The second-order valence-electron chi connectivity index (χ2n) is 4.27. The number of thiazole rings is 1. The highest BCUT2D eigenvalue weighted by molar-refractivity contribution is 7.13. The number of aromatic nitrogens is 1. The summed E-state index contributed by atoms with van der Waals surface area (Å²) >= 11 is 1.47. The van der Waals surface area contributed by atoms with Gasteiger partial charge >= 0.3 is 0 Å². The number of nitrogens with one attached hydrogen (secondary N) is 2. The minimum atomic E-state index is -0.0800. The van der Waals surface area contributed by atoms with Gasteiger partial charge in [-0.2, -0.15) is 0 Å². The van der Waals surface area contributed by atoms with Crippen LogP contribution in [0.4, 0.5) is 10.8 Å². The summed E-state index contributed by atoms with van der Waals surface area (Å²) in [7, 11) is 1.91. The number of benzene rings is 1. The maximum absolute atomic E-state index is 10.9. The Labute approximate surface area is 116 Å². The zero-order valence-corrected chi connectivity index (χ0v) is 11.9. The number of hydrogen-bond acceptors (Lipinski definition) is 4. The van der Waals surface area contributed by atoms with E-state index in [0.717, 1.165) is 24.2 Å². The predicted octanol–water partition coefficient (Wildman–Crippen LogP) is 2.93. The molecule has 5 heteroatoms. The van der Waals surface area contributed by atoms with Crippen LogP contribution in [0.1, 0.15) is 18.2 Å². The van der Waals surface area contributed by atoms with E-state index >= 15 is 0 Å². The SMILES string of the molecule is CNc1ccc(CCc2csc(NC(C)=O)n2)cc1. The number of nitrogens with zero attached hydrogens (tertiary/aromatic N) is 1. The lowest BCUT2D eigenvalue weighted by Crippen LogP contribution is -2.05. The van der Waals surface area contributed by atoms with Crippen molar-refractivity contribution in [1.29, 1.82) is 0 Å². The van der Waals surface area contributed by atoms with E-state index in [1.165, 1.54) is 23.8 Å². The van der Waals surface area contributed by atoms with E-state index in [4.69, 9.17) is 0 Å². The van der Waals surface area contributed by atoms with E-state index in [1.54, 1.807) is 0 Å². The maximum atomic E-state index is 10.9. The zero-order chi connectivity index (χ0) is 13.7. The van der Waals surface area contributed by atoms with E-state index in [-0.39, 0.29) is 5.91 Å². The molecule has 0 aliphatic rings. The summed E-state index contributed by atoms with van der Waals surface area (Å²) in [6.45, 7) is 1.49. The van der Waals surface area contributed by atoms with Crippen molar-refractivity contribution in [2.45, 2.75) is 19.8 Å². The molecule has 0 aliphatic carbocycles. The van der Waals surface area contributed by atoms with Gasteiger partial charge in [0.25, 0.3) is 0 Å². The van der Waals surface area contributed by atoms with E-state index in [0.29, 0.717) is 5.13 Å². The summed E-state index contributed by atoms with van der Waals surface area (Å²) in [6.07, 6.45) is 1.84. The Morgan fingerprint density at radius 1 is 1.26 bits per heavy atom. The molecule has 1 amide bonds. The van der Waals surface area contributed by atoms with Gasteiger partial charge in [-0.3, -0.25) is 4.79 Å². The first-order chi connectivity index (χ1) is 9.17. The van der Waals surface area contributed by atoms with Crippen LogP contribution < -0.4 is 10.6 Å². The van der Waals surface area contributed by atoms with Gasteiger partial charge in [-0.05, 0) is 30.5 Å². The molecule has 100 valence electrons. The first-order valence-corrected chi connectivity index (χ1v) is 7.04. The monoisotopic (exact) mass is 275 g/mol. The molecule has 2 rings (SSSR count). The van der Waals surface area contributed by atoms with Gasteiger partial charge in [0, 0.05) is 25.0 Å². The summed E-state index contributed by atoms with van der Waals surface area (Å²) in [5.41, 5.74) is 3.42. The predicted molar refractivity (Wildman–Crippen MR) is 79.8 cm³/mol. The molecule has 0 spiro atoms. The van der Waals surface area contributed by atoms with Gasteiger partial charge in [0.1, 0.15) is 0 Å². The van der Waals surface area contributed by atoms with Crippen LogP contribution in [0.15, 0.2) is 29.6 Å². The second kappa shape index (κ2) is 6.33. The smallest absolute Gasteiger partial charge is 0.223 e. The van der Waals surface area contributed by atoms with Crippen LogP contribution >= 0.6 is 11.3 Å². The third-order valence-corrected chi connectivity index (χ3v) is 3.55. The lowest BCUT2D eigenvalue weighted by molar-refractivity contribution is -0.114. The number of carbonyl (C=O) groups is 1. The topological polar surface area (TPSA) is 54.0 Å². The lowest BCUT2D eigenvalue weighted by Gasteiger charge is -2.02.